The molecule has 4 rings (SSSR count). The van der Waals surface area contributed by atoms with Gasteiger partial charge in [0.25, 0.3) is 11.8 Å². The fourth-order valence-electron chi connectivity index (χ4n) is 3.80. The molecule has 184 valence electrons. The van der Waals surface area contributed by atoms with Gasteiger partial charge in [-0.1, -0.05) is 59.8 Å². The van der Waals surface area contributed by atoms with Crippen molar-refractivity contribution < 1.29 is 18.8 Å². The van der Waals surface area contributed by atoms with E-state index in [0.717, 1.165) is 11.1 Å². The van der Waals surface area contributed by atoms with E-state index >= 15 is 0 Å². The molecule has 0 bridgehead atoms. The Balaban J connectivity index is 1.55. The largest absolute Gasteiger partial charge is 0.489 e. The number of nitrogens with two attached hydrogens (primary N) is 1. The van der Waals surface area contributed by atoms with Crippen LogP contribution >= 0.6 is 0 Å². The van der Waals surface area contributed by atoms with Crippen LogP contribution in [0.4, 0.5) is 5.69 Å². The van der Waals surface area contributed by atoms with Gasteiger partial charge in [0.15, 0.2) is 0 Å². The lowest BCUT2D eigenvalue weighted by Gasteiger charge is -2.20. The third kappa shape index (κ3) is 5.97. The molecule has 1 heterocycles. The van der Waals surface area contributed by atoms with Gasteiger partial charge < -0.3 is 25.6 Å². The molecule has 0 aliphatic heterocycles. The first-order valence-corrected chi connectivity index (χ1v) is 11.5. The monoisotopic (exact) mass is 484 g/mol. The smallest absolute Gasteiger partial charge is 0.257 e. The predicted molar refractivity (Wildman–Crippen MR) is 136 cm³/mol. The number of nitrogens with zero attached hydrogens (tertiary/aromatic N) is 1. The number of amides is 2. The van der Waals surface area contributed by atoms with Crippen LogP contribution in [0.1, 0.15) is 44.5 Å². The van der Waals surface area contributed by atoms with Crippen molar-refractivity contribution in [2.45, 2.75) is 33.0 Å². The number of rotatable bonds is 9. The molecule has 8 heteroatoms. The van der Waals surface area contributed by atoms with E-state index in [1.54, 1.807) is 50.2 Å². The lowest BCUT2D eigenvalue weighted by molar-refractivity contribution is -0.118. The molecule has 0 aliphatic rings. The van der Waals surface area contributed by atoms with Gasteiger partial charge in [0, 0.05) is 12.2 Å². The minimum atomic E-state index is -0.976. The number of carbonyl (C=O) groups is 2. The maximum absolute atomic E-state index is 13.4. The molecule has 0 aliphatic carbocycles. The van der Waals surface area contributed by atoms with Crippen molar-refractivity contribution in [3.63, 3.8) is 0 Å². The summed E-state index contributed by atoms with van der Waals surface area (Å²) in [5.74, 6) is 0.174. The molecule has 0 fully saturated rings. The number of nitrogens with one attached hydrogen (secondary N) is 2. The average Bonchev–Trinajstić information content (AvgIpc) is 3.24. The van der Waals surface area contributed by atoms with Crippen molar-refractivity contribution in [1.29, 1.82) is 0 Å². The van der Waals surface area contributed by atoms with Gasteiger partial charge in [-0.3, -0.25) is 9.59 Å². The van der Waals surface area contributed by atoms with Gasteiger partial charge in [0.1, 0.15) is 29.7 Å². The molecule has 36 heavy (non-hydrogen) atoms. The number of anilines is 1. The molecule has 0 saturated heterocycles. The Morgan fingerprint density at radius 3 is 2.36 bits per heavy atom. The van der Waals surface area contributed by atoms with E-state index < -0.39 is 17.9 Å². The van der Waals surface area contributed by atoms with E-state index in [1.165, 1.54) is 0 Å². The summed E-state index contributed by atoms with van der Waals surface area (Å²) in [7, 11) is 0. The highest BCUT2D eigenvalue weighted by Gasteiger charge is 2.27. The Kier molecular flexibility index (Phi) is 7.77. The molecule has 8 nitrogen and oxygen atoms in total. The van der Waals surface area contributed by atoms with E-state index in [4.69, 9.17) is 15.0 Å². The number of carbonyl (C=O) groups excluding carboxylic acids is 2. The summed E-state index contributed by atoms with van der Waals surface area (Å²) in [6.45, 7) is 4.10. The van der Waals surface area contributed by atoms with Crippen LogP contribution in [0.15, 0.2) is 83.4 Å². The third-order valence-corrected chi connectivity index (χ3v) is 5.69. The number of ether oxygens (including phenoxy) is 1. The average molecular weight is 485 g/mol. The van der Waals surface area contributed by atoms with Crippen LogP contribution in [-0.4, -0.2) is 17.0 Å². The minimum Gasteiger partial charge on any atom is -0.489 e. The lowest BCUT2D eigenvalue weighted by Crippen LogP contribution is -2.37. The maximum atomic E-state index is 13.4. The SMILES string of the molecule is Cc1noc(C)c1C(=O)N[C@@H](C(=O)Nc1cccc(CN)c1)c1ccc(OCc2ccccc2)cc1. The normalized spacial score (nSPS) is 11.5. The van der Waals surface area contributed by atoms with E-state index in [9.17, 15) is 9.59 Å². The van der Waals surface area contributed by atoms with Crippen LogP contribution in [0.3, 0.4) is 0 Å². The van der Waals surface area contributed by atoms with Gasteiger partial charge in [0.2, 0.25) is 0 Å². The first kappa shape index (κ1) is 24.7. The maximum Gasteiger partial charge on any atom is 0.257 e. The van der Waals surface area contributed by atoms with E-state index in [0.29, 0.717) is 47.2 Å². The van der Waals surface area contributed by atoms with Crippen molar-refractivity contribution in [3.05, 3.63) is 113 Å². The van der Waals surface area contributed by atoms with Gasteiger partial charge in [0.05, 0.1) is 5.69 Å². The Morgan fingerprint density at radius 2 is 1.69 bits per heavy atom. The van der Waals surface area contributed by atoms with Crippen LogP contribution in [0.2, 0.25) is 0 Å². The summed E-state index contributed by atoms with van der Waals surface area (Å²) >= 11 is 0. The van der Waals surface area contributed by atoms with Gasteiger partial charge in [-0.15, -0.1) is 0 Å². The summed E-state index contributed by atoms with van der Waals surface area (Å²) in [4.78, 5) is 26.4. The number of aromatic nitrogens is 1. The Morgan fingerprint density at radius 1 is 0.972 bits per heavy atom. The van der Waals surface area contributed by atoms with E-state index in [1.807, 2.05) is 42.5 Å². The van der Waals surface area contributed by atoms with Crippen LogP contribution < -0.4 is 21.1 Å². The standard InChI is InChI=1S/C28H28N4O4/c1-18-25(19(2)36-32-18)27(33)31-26(28(34)30-23-10-6-9-21(15-23)16-29)22-11-13-24(14-12-22)35-17-20-7-4-3-5-8-20/h3-15,26H,16-17,29H2,1-2H3,(H,30,34)(H,31,33)/t26-/m1/s1. The highest BCUT2D eigenvalue weighted by atomic mass is 16.5. The molecule has 3 aromatic carbocycles. The molecule has 0 saturated carbocycles. The summed E-state index contributed by atoms with van der Waals surface area (Å²) in [5.41, 5.74) is 9.59. The molecule has 1 atom stereocenters. The first-order valence-electron chi connectivity index (χ1n) is 11.5. The summed E-state index contributed by atoms with van der Waals surface area (Å²) in [5, 5.41) is 9.54. The Bertz CT molecular complexity index is 1310. The zero-order valence-electron chi connectivity index (χ0n) is 20.2. The van der Waals surface area contributed by atoms with Crippen LogP contribution in [0.25, 0.3) is 0 Å². The van der Waals surface area contributed by atoms with Gasteiger partial charge in [-0.05, 0) is 54.8 Å². The topological polar surface area (TPSA) is 119 Å². The second-order valence-corrected chi connectivity index (χ2v) is 8.34. The Hall–Kier alpha value is -4.43. The molecule has 0 radical (unpaired) electrons. The summed E-state index contributed by atoms with van der Waals surface area (Å²) in [6.07, 6.45) is 0. The van der Waals surface area contributed by atoms with Gasteiger partial charge in [-0.2, -0.15) is 0 Å². The van der Waals surface area contributed by atoms with Crippen molar-refractivity contribution in [1.82, 2.24) is 10.5 Å². The molecule has 1 aromatic heterocycles. The van der Waals surface area contributed by atoms with Crippen molar-refractivity contribution in [2.75, 3.05) is 5.32 Å². The molecule has 2 amide bonds. The van der Waals surface area contributed by atoms with Crippen LogP contribution in [0.5, 0.6) is 5.75 Å². The third-order valence-electron chi connectivity index (χ3n) is 5.69. The zero-order valence-corrected chi connectivity index (χ0v) is 20.2. The zero-order chi connectivity index (χ0) is 25.5. The van der Waals surface area contributed by atoms with Gasteiger partial charge in [-0.25, -0.2) is 0 Å². The van der Waals surface area contributed by atoms with Crippen molar-refractivity contribution >= 4 is 17.5 Å². The second kappa shape index (κ2) is 11.3. The Labute approximate surface area is 209 Å². The lowest BCUT2D eigenvalue weighted by atomic mass is 10.0. The van der Waals surface area contributed by atoms with Crippen LogP contribution in [-0.2, 0) is 17.9 Å². The highest BCUT2D eigenvalue weighted by molar-refractivity contribution is 6.02. The van der Waals surface area contributed by atoms with E-state index in [2.05, 4.69) is 15.8 Å². The molecule has 4 N–H and O–H groups in total. The molecule has 0 unspecified atom stereocenters. The molecular weight excluding hydrogens is 456 g/mol. The fourth-order valence-corrected chi connectivity index (χ4v) is 3.80. The van der Waals surface area contributed by atoms with Crippen LogP contribution in [0, 0.1) is 13.8 Å². The van der Waals surface area contributed by atoms with Crippen molar-refractivity contribution in [3.8, 4) is 5.75 Å². The highest BCUT2D eigenvalue weighted by Crippen LogP contribution is 2.23. The van der Waals surface area contributed by atoms with Crippen molar-refractivity contribution in [2.24, 2.45) is 5.73 Å². The summed E-state index contributed by atoms with van der Waals surface area (Å²) in [6, 6.07) is 23.2. The molecule has 4 aromatic rings. The minimum absolute atomic E-state index is 0.306. The number of hydrogen-bond acceptors (Lipinski definition) is 6. The number of aryl methyl sites for hydroxylation is 2. The number of hydrogen-bond donors (Lipinski definition) is 3. The van der Waals surface area contributed by atoms with Gasteiger partial charge >= 0.3 is 0 Å². The summed E-state index contributed by atoms with van der Waals surface area (Å²) < 4.78 is 11.0. The molecule has 0 spiro atoms. The number of benzene rings is 3. The predicted octanol–water partition coefficient (Wildman–Crippen LogP) is 4.44. The molecular formula is C28H28N4O4. The quantitative estimate of drug-likeness (QED) is 0.323. The second-order valence-electron chi connectivity index (χ2n) is 8.34. The first-order chi connectivity index (χ1) is 17.4. The van der Waals surface area contributed by atoms with E-state index in [-0.39, 0.29) is 0 Å². The fraction of sp³-hybridized carbons (Fsp3) is 0.179.